The summed E-state index contributed by atoms with van der Waals surface area (Å²) in [5.74, 6) is 0. The van der Waals surface area contributed by atoms with Gasteiger partial charge in [-0.15, -0.1) is 34.0 Å². The second-order valence-corrected chi connectivity index (χ2v) is 6.47. The molecule has 2 aliphatic rings. The van der Waals surface area contributed by atoms with Crippen LogP contribution in [0.15, 0.2) is 24.3 Å². The summed E-state index contributed by atoms with van der Waals surface area (Å²) >= 11 is 0. The van der Waals surface area contributed by atoms with Gasteiger partial charge in [0.25, 0.3) is 0 Å². The minimum atomic E-state index is 0. The highest BCUT2D eigenvalue weighted by atomic mass is 79.9. The van der Waals surface area contributed by atoms with Crippen LogP contribution in [-0.2, 0) is 11.8 Å². The molecule has 1 aromatic rings. The van der Waals surface area contributed by atoms with E-state index in [4.69, 9.17) is 0 Å². The normalized spacial score (nSPS) is 28.3. The minimum absolute atomic E-state index is 0. The molecule has 1 fully saturated rings. The summed E-state index contributed by atoms with van der Waals surface area (Å²) in [6.45, 7) is 2.43. The van der Waals surface area contributed by atoms with Gasteiger partial charge in [-0.2, -0.15) is 0 Å². The maximum Gasteiger partial charge on any atom is 0.0142 e. The van der Waals surface area contributed by atoms with Gasteiger partial charge in [0.2, 0.25) is 0 Å². The van der Waals surface area contributed by atoms with Crippen molar-refractivity contribution in [1.82, 2.24) is 9.80 Å². The van der Waals surface area contributed by atoms with Crippen molar-refractivity contribution in [2.24, 2.45) is 0 Å². The first-order valence-corrected chi connectivity index (χ1v) is 7.04. The van der Waals surface area contributed by atoms with Gasteiger partial charge >= 0.3 is 0 Å². The topological polar surface area (TPSA) is 6.48 Å². The summed E-state index contributed by atoms with van der Waals surface area (Å²) in [5, 5.41) is 0. The molecule has 4 heteroatoms. The second-order valence-electron chi connectivity index (χ2n) is 6.47. The van der Waals surface area contributed by atoms with Gasteiger partial charge in [0.1, 0.15) is 0 Å². The molecule has 2 bridgehead atoms. The van der Waals surface area contributed by atoms with Crippen LogP contribution < -0.4 is 0 Å². The molecule has 2 nitrogen and oxygen atoms in total. The van der Waals surface area contributed by atoms with Gasteiger partial charge in [-0.3, -0.25) is 0 Å². The van der Waals surface area contributed by atoms with Gasteiger partial charge < -0.3 is 9.80 Å². The third-order valence-electron chi connectivity index (χ3n) is 4.86. The lowest BCUT2D eigenvalue weighted by atomic mass is 9.63. The number of likely N-dealkylation sites (tertiary alicyclic amines) is 1. The maximum atomic E-state index is 2.56. The molecule has 1 aromatic carbocycles. The average Bonchev–Trinajstić information content (AvgIpc) is 2.34. The SMILES string of the molecule is Br.Br.CN(C)CC12CCN(C)C(Cc3ccccc31)C2. The summed E-state index contributed by atoms with van der Waals surface area (Å²) in [5.41, 5.74) is 3.61. The number of rotatable bonds is 2. The molecule has 114 valence electrons. The predicted octanol–water partition coefficient (Wildman–Crippen LogP) is 3.29. The molecule has 2 unspecified atom stereocenters. The minimum Gasteiger partial charge on any atom is -0.309 e. The van der Waals surface area contributed by atoms with Gasteiger partial charge in [0, 0.05) is 18.0 Å². The van der Waals surface area contributed by atoms with E-state index in [0.29, 0.717) is 5.41 Å². The lowest BCUT2D eigenvalue weighted by molar-refractivity contribution is 0.0855. The first-order chi connectivity index (χ1) is 8.61. The Bertz CT molecular complexity index is 450. The van der Waals surface area contributed by atoms with Crippen molar-refractivity contribution in [3.63, 3.8) is 0 Å². The fourth-order valence-electron chi connectivity index (χ4n) is 4.06. The molecule has 1 aliphatic heterocycles. The number of benzene rings is 1. The summed E-state index contributed by atoms with van der Waals surface area (Å²) in [7, 11) is 6.71. The van der Waals surface area contributed by atoms with Crippen molar-refractivity contribution in [1.29, 1.82) is 0 Å². The highest BCUT2D eigenvalue weighted by molar-refractivity contribution is 8.93. The van der Waals surface area contributed by atoms with Crippen molar-refractivity contribution >= 4 is 34.0 Å². The van der Waals surface area contributed by atoms with Crippen molar-refractivity contribution in [3.05, 3.63) is 35.4 Å². The molecule has 0 radical (unpaired) electrons. The molecule has 0 N–H and O–H groups in total. The Kier molecular flexibility index (Phi) is 6.27. The predicted molar refractivity (Wildman–Crippen MR) is 96.7 cm³/mol. The molecule has 0 saturated carbocycles. The number of likely N-dealkylation sites (N-methyl/N-ethyl adjacent to an activating group) is 2. The Morgan fingerprint density at radius 2 is 1.95 bits per heavy atom. The highest BCUT2D eigenvalue weighted by Gasteiger charge is 2.44. The number of nitrogens with zero attached hydrogens (tertiary/aromatic N) is 2. The van der Waals surface area contributed by atoms with Gasteiger partial charge in [-0.05, 0) is 58.1 Å². The Morgan fingerprint density at radius 3 is 2.65 bits per heavy atom. The zero-order valence-corrected chi connectivity index (χ0v) is 16.1. The van der Waals surface area contributed by atoms with Crippen LogP contribution in [0.4, 0.5) is 0 Å². The Labute approximate surface area is 144 Å². The number of hydrogen-bond acceptors (Lipinski definition) is 2. The quantitative estimate of drug-likeness (QED) is 0.744. The summed E-state index contributed by atoms with van der Waals surface area (Å²) in [4.78, 5) is 4.92. The molecule has 20 heavy (non-hydrogen) atoms. The molecule has 0 aromatic heterocycles. The number of halogens is 2. The summed E-state index contributed by atoms with van der Waals surface area (Å²) in [6, 6.07) is 9.87. The lowest BCUT2D eigenvalue weighted by Crippen LogP contribution is -2.55. The molecule has 0 amide bonds. The van der Waals surface area contributed by atoms with E-state index in [-0.39, 0.29) is 34.0 Å². The fourth-order valence-corrected chi connectivity index (χ4v) is 4.06. The van der Waals surface area contributed by atoms with E-state index in [0.717, 1.165) is 6.04 Å². The first kappa shape index (κ1) is 18.1. The van der Waals surface area contributed by atoms with Gasteiger partial charge in [0.05, 0.1) is 0 Å². The smallest absolute Gasteiger partial charge is 0.0142 e. The van der Waals surface area contributed by atoms with E-state index in [2.05, 4.69) is 55.2 Å². The molecule has 1 saturated heterocycles. The van der Waals surface area contributed by atoms with E-state index >= 15 is 0 Å². The van der Waals surface area contributed by atoms with E-state index in [1.54, 1.807) is 11.1 Å². The zero-order valence-electron chi connectivity index (χ0n) is 12.6. The van der Waals surface area contributed by atoms with Crippen LogP contribution in [0.1, 0.15) is 24.0 Å². The zero-order chi connectivity index (χ0) is 12.8. The van der Waals surface area contributed by atoms with Crippen LogP contribution in [0, 0.1) is 0 Å². The van der Waals surface area contributed by atoms with Crippen LogP contribution in [0.3, 0.4) is 0 Å². The number of hydrogen-bond donors (Lipinski definition) is 0. The van der Waals surface area contributed by atoms with E-state index in [9.17, 15) is 0 Å². The first-order valence-electron chi connectivity index (χ1n) is 7.04. The van der Waals surface area contributed by atoms with E-state index in [1.165, 1.54) is 32.4 Å². The van der Waals surface area contributed by atoms with E-state index < -0.39 is 0 Å². The lowest BCUT2D eigenvalue weighted by Gasteiger charge is -2.51. The Balaban J connectivity index is 0.000001000. The van der Waals surface area contributed by atoms with Crippen LogP contribution >= 0.6 is 34.0 Å². The van der Waals surface area contributed by atoms with Gasteiger partial charge in [0.15, 0.2) is 0 Å². The average molecular weight is 406 g/mol. The standard InChI is InChI=1S/C16H24N2.2BrH/c1-17(2)12-16-8-9-18(3)14(11-16)10-13-6-4-5-7-15(13)16;;/h4-7,14H,8-12H2,1-3H3;2*1H. The van der Waals surface area contributed by atoms with Crippen LogP contribution in [0.2, 0.25) is 0 Å². The van der Waals surface area contributed by atoms with Crippen LogP contribution in [0.5, 0.6) is 0 Å². The van der Waals surface area contributed by atoms with Crippen molar-refractivity contribution in [3.8, 4) is 0 Å². The largest absolute Gasteiger partial charge is 0.309 e. The molecular formula is C16H26Br2N2. The van der Waals surface area contributed by atoms with Crippen molar-refractivity contribution < 1.29 is 0 Å². The number of fused-ring (bicyclic) bond motifs is 4. The molecule has 2 atom stereocenters. The summed E-state index contributed by atoms with van der Waals surface area (Å²) in [6.07, 6.45) is 3.87. The maximum absolute atomic E-state index is 2.56. The van der Waals surface area contributed by atoms with Crippen molar-refractivity contribution in [2.75, 3.05) is 34.2 Å². The third-order valence-corrected chi connectivity index (χ3v) is 4.86. The van der Waals surface area contributed by atoms with Gasteiger partial charge in [-0.25, -0.2) is 0 Å². The third kappa shape index (κ3) is 3.13. The fraction of sp³-hybridized carbons (Fsp3) is 0.625. The summed E-state index contributed by atoms with van der Waals surface area (Å²) < 4.78 is 0. The molecule has 1 heterocycles. The van der Waals surface area contributed by atoms with Crippen LogP contribution in [0.25, 0.3) is 0 Å². The molecule has 0 spiro atoms. The molecule has 3 rings (SSSR count). The second kappa shape index (κ2) is 6.91. The molecular weight excluding hydrogens is 380 g/mol. The number of piperidine rings is 1. The van der Waals surface area contributed by atoms with Crippen LogP contribution in [-0.4, -0.2) is 50.1 Å². The van der Waals surface area contributed by atoms with Crippen molar-refractivity contribution in [2.45, 2.75) is 30.7 Å². The monoisotopic (exact) mass is 404 g/mol. The highest BCUT2D eigenvalue weighted by Crippen LogP contribution is 2.44. The Morgan fingerprint density at radius 1 is 1.25 bits per heavy atom. The molecule has 1 aliphatic carbocycles. The van der Waals surface area contributed by atoms with Gasteiger partial charge in [-0.1, -0.05) is 24.3 Å². The Hall–Kier alpha value is 0.1000. The van der Waals surface area contributed by atoms with E-state index in [1.807, 2.05) is 0 Å².